The molecule has 1 unspecified atom stereocenters. The number of carboxylic acids is 1. The average molecular weight is 280 g/mol. The summed E-state index contributed by atoms with van der Waals surface area (Å²) in [6.07, 6.45) is 0. The minimum atomic E-state index is -1.24. The van der Waals surface area contributed by atoms with Gasteiger partial charge in [-0.25, -0.2) is 8.78 Å². The van der Waals surface area contributed by atoms with Gasteiger partial charge in [0.1, 0.15) is 11.6 Å². The van der Waals surface area contributed by atoms with Crippen LogP contribution in [0.2, 0.25) is 0 Å². The van der Waals surface area contributed by atoms with Gasteiger partial charge in [-0.05, 0) is 22.0 Å². The summed E-state index contributed by atoms with van der Waals surface area (Å²) < 4.78 is 26.1. The van der Waals surface area contributed by atoms with Crippen LogP contribution in [0.1, 0.15) is 11.5 Å². The van der Waals surface area contributed by atoms with Gasteiger partial charge in [0.15, 0.2) is 0 Å². The second-order valence-corrected chi connectivity index (χ2v) is 3.77. The molecule has 1 aromatic carbocycles. The van der Waals surface area contributed by atoms with Gasteiger partial charge in [-0.15, -0.1) is 0 Å². The molecule has 0 aromatic heterocycles. The highest BCUT2D eigenvalue weighted by Gasteiger charge is 2.22. The Balaban J connectivity index is 3.24. The summed E-state index contributed by atoms with van der Waals surface area (Å²) in [5.74, 6) is -4.09. The van der Waals surface area contributed by atoms with E-state index in [4.69, 9.17) is 10.8 Å². The number of nitrogens with two attached hydrogens (primary N) is 1. The van der Waals surface area contributed by atoms with E-state index in [1.54, 1.807) is 0 Å². The van der Waals surface area contributed by atoms with E-state index in [-0.39, 0.29) is 16.6 Å². The number of hydrogen-bond acceptors (Lipinski definition) is 2. The van der Waals surface area contributed by atoms with Crippen LogP contribution in [0, 0.1) is 11.6 Å². The number of benzene rings is 1. The highest BCUT2D eigenvalue weighted by atomic mass is 79.9. The Morgan fingerprint density at radius 1 is 1.47 bits per heavy atom. The normalized spacial score (nSPS) is 12.5. The van der Waals surface area contributed by atoms with E-state index >= 15 is 0 Å². The third-order valence-electron chi connectivity index (χ3n) is 1.95. The van der Waals surface area contributed by atoms with Crippen molar-refractivity contribution in [2.45, 2.75) is 5.92 Å². The van der Waals surface area contributed by atoms with Gasteiger partial charge in [0.2, 0.25) is 0 Å². The quantitative estimate of drug-likeness (QED) is 0.830. The second-order valence-electron chi connectivity index (χ2n) is 2.91. The van der Waals surface area contributed by atoms with Gasteiger partial charge in [0.25, 0.3) is 0 Å². The van der Waals surface area contributed by atoms with E-state index in [9.17, 15) is 13.6 Å². The maximum atomic E-state index is 13.2. The molecule has 0 saturated heterocycles. The zero-order valence-corrected chi connectivity index (χ0v) is 9.09. The Hall–Kier alpha value is -1.01. The zero-order valence-electron chi connectivity index (χ0n) is 7.51. The average Bonchev–Trinajstić information content (AvgIpc) is 2.14. The first kappa shape index (κ1) is 12.1. The van der Waals surface area contributed by atoms with Gasteiger partial charge in [-0.1, -0.05) is 0 Å². The molecule has 0 aliphatic rings. The lowest BCUT2D eigenvalue weighted by Gasteiger charge is -2.11. The first-order valence-electron chi connectivity index (χ1n) is 4.04. The van der Waals surface area contributed by atoms with Gasteiger partial charge in [0.05, 0.1) is 10.4 Å². The van der Waals surface area contributed by atoms with Crippen LogP contribution in [0.25, 0.3) is 0 Å². The van der Waals surface area contributed by atoms with Crippen LogP contribution < -0.4 is 5.73 Å². The number of carboxylic acid groups (broad SMARTS) is 1. The van der Waals surface area contributed by atoms with E-state index in [1.807, 2.05) is 0 Å². The fourth-order valence-electron chi connectivity index (χ4n) is 1.17. The van der Waals surface area contributed by atoms with Crippen molar-refractivity contribution in [2.24, 2.45) is 5.73 Å². The van der Waals surface area contributed by atoms with Gasteiger partial charge in [0, 0.05) is 18.2 Å². The molecule has 0 fully saturated rings. The molecule has 82 valence electrons. The monoisotopic (exact) mass is 279 g/mol. The summed E-state index contributed by atoms with van der Waals surface area (Å²) in [5.41, 5.74) is 5.08. The molecule has 3 N–H and O–H groups in total. The highest BCUT2D eigenvalue weighted by Crippen LogP contribution is 2.25. The van der Waals surface area contributed by atoms with Crippen LogP contribution in [-0.4, -0.2) is 17.6 Å². The number of rotatable bonds is 3. The van der Waals surface area contributed by atoms with Crippen LogP contribution in [0.15, 0.2) is 16.6 Å². The van der Waals surface area contributed by atoms with E-state index in [0.717, 1.165) is 6.07 Å². The largest absolute Gasteiger partial charge is 0.481 e. The summed E-state index contributed by atoms with van der Waals surface area (Å²) in [7, 11) is 0. The predicted octanol–water partition coefficient (Wildman–Crippen LogP) is 1.85. The van der Waals surface area contributed by atoms with Crippen LogP contribution in [-0.2, 0) is 4.79 Å². The molecule has 0 amide bonds. The Morgan fingerprint density at radius 3 is 2.53 bits per heavy atom. The van der Waals surface area contributed by atoms with Gasteiger partial charge < -0.3 is 10.8 Å². The molecule has 3 nitrogen and oxygen atoms in total. The fraction of sp³-hybridized carbons (Fsp3) is 0.222. The third-order valence-corrected chi connectivity index (χ3v) is 2.56. The third kappa shape index (κ3) is 2.51. The Morgan fingerprint density at radius 2 is 2.07 bits per heavy atom. The number of hydrogen-bond donors (Lipinski definition) is 2. The smallest absolute Gasteiger partial charge is 0.312 e. The standard InChI is InChI=1S/C9H8BrF2NO2/c10-6-1-4(5(3-13)9(14)15)7(11)2-8(6)12/h1-2,5H,3,13H2,(H,14,15). The van der Waals surface area contributed by atoms with E-state index in [1.165, 1.54) is 0 Å². The first-order chi connectivity index (χ1) is 6.97. The number of aliphatic carboxylic acids is 1. The van der Waals surface area contributed by atoms with Crippen molar-refractivity contribution >= 4 is 21.9 Å². The van der Waals surface area contributed by atoms with Crippen molar-refractivity contribution in [1.82, 2.24) is 0 Å². The van der Waals surface area contributed by atoms with E-state index in [2.05, 4.69) is 15.9 Å². The molecule has 0 radical (unpaired) electrons. The lowest BCUT2D eigenvalue weighted by Crippen LogP contribution is -2.22. The van der Waals surface area contributed by atoms with Crippen LogP contribution in [0.4, 0.5) is 8.78 Å². The second kappa shape index (κ2) is 4.67. The Bertz CT molecular complexity index is 398. The van der Waals surface area contributed by atoms with Crippen molar-refractivity contribution in [1.29, 1.82) is 0 Å². The lowest BCUT2D eigenvalue weighted by atomic mass is 9.99. The van der Waals surface area contributed by atoms with Gasteiger partial charge in [-0.3, -0.25) is 4.79 Å². The molecule has 0 saturated carbocycles. The van der Waals surface area contributed by atoms with E-state index in [0.29, 0.717) is 6.07 Å². The van der Waals surface area contributed by atoms with E-state index < -0.39 is 23.5 Å². The number of halogens is 3. The summed E-state index contributed by atoms with van der Waals surface area (Å²) in [6, 6.07) is 1.72. The minimum absolute atomic E-state index is 0.0126. The Kier molecular flexibility index (Phi) is 3.76. The summed E-state index contributed by atoms with van der Waals surface area (Å²) in [4.78, 5) is 10.7. The number of carbonyl (C=O) groups is 1. The molecule has 0 aliphatic carbocycles. The highest BCUT2D eigenvalue weighted by molar-refractivity contribution is 9.10. The molecule has 1 rings (SSSR count). The predicted molar refractivity (Wildman–Crippen MR) is 53.5 cm³/mol. The van der Waals surface area contributed by atoms with Crippen LogP contribution in [0.3, 0.4) is 0 Å². The van der Waals surface area contributed by atoms with Crippen molar-refractivity contribution < 1.29 is 18.7 Å². The maximum absolute atomic E-state index is 13.2. The van der Waals surface area contributed by atoms with Gasteiger partial charge in [-0.2, -0.15) is 0 Å². The molecule has 0 spiro atoms. The van der Waals surface area contributed by atoms with Crippen LogP contribution >= 0.6 is 15.9 Å². The molecule has 1 aromatic rings. The summed E-state index contributed by atoms with van der Waals surface area (Å²) in [6.45, 7) is -0.246. The first-order valence-corrected chi connectivity index (χ1v) is 4.84. The molecule has 0 aliphatic heterocycles. The zero-order chi connectivity index (χ0) is 11.6. The molecule has 15 heavy (non-hydrogen) atoms. The van der Waals surface area contributed by atoms with Crippen molar-refractivity contribution in [3.05, 3.63) is 33.8 Å². The van der Waals surface area contributed by atoms with Crippen molar-refractivity contribution in [3.63, 3.8) is 0 Å². The topological polar surface area (TPSA) is 63.3 Å². The summed E-state index contributed by atoms with van der Waals surface area (Å²) in [5, 5.41) is 8.76. The molecule has 1 atom stereocenters. The Labute approximate surface area is 93.0 Å². The van der Waals surface area contributed by atoms with Crippen molar-refractivity contribution in [3.8, 4) is 0 Å². The minimum Gasteiger partial charge on any atom is -0.481 e. The molecule has 0 heterocycles. The molecular weight excluding hydrogens is 272 g/mol. The SMILES string of the molecule is NCC(C(=O)O)c1cc(Br)c(F)cc1F. The molecule has 0 bridgehead atoms. The fourth-order valence-corrected chi connectivity index (χ4v) is 1.53. The molecular formula is C9H8BrF2NO2. The van der Waals surface area contributed by atoms with Crippen molar-refractivity contribution in [2.75, 3.05) is 6.54 Å². The summed E-state index contributed by atoms with van der Waals surface area (Å²) >= 11 is 2.85. The van der Waals surface area contributed by atoms with Gasteiger partial charge >= 0.3 is 5.97 Å². The molecule has 6 heteroatoms. The maximum Gasteiger partial charge on any atom is 0.312 e. The lowest BCUT2D eigenvalue weighted by molar-refractivity contribution is -0.138. The van der Waals surface area contributed by atoms with Crippen LogP contribution in [0.5, 0.6) is 0 Å².